The molecule has 1 aromatic rings. The molecule has 1 N–H and O–H groups in total. The molecule has 94 valence electrons. The van der Waals surface area contributed by atoms with E-state index in [0.717, 1.165) is 4.90 Å². The van der Waals surface area contributed by atoms with Gasteiger partial charge in [-0.1, -0.05) is 18.2 Å². The Kier molecular flexibility index (Phi) is 4.21. The van der Waals surface area contributed by atoms with Crippen LogP contribution in [0.3, 0.4) is 0 Å². The van der Waals surface area contributed by atoms with E-state index < -0.39 is 17.1 Å². The molecule has 1 atom stereocenters. The molecular formula is C11H11N3O4. The van der Waals surface area contributed by atoms with E-state index in [1.807, 2.05) is 0 Å². The van der Waals surface area contributed by atoms with Crippen molar-refractivity contribution in [2.75, 3.05) is 6.54 Å². The van der Waals surface area contributed by atoms with Crippen molar-refractivity contribution in [2.24, 2.45) is 0 Å². The van der Waals surface area contributed by atoms with Gasteiger partial charge in [0.1, 0.15) is 6.54 Å². The Morgan fingerprint density at radius 2 is 2.22 bits per heavy atom. The van der Waals surface area contributed by atoms with Crippen LogP contribution in [0.5, 0.6) is 0 Å². The summed E-state index contributed by atoms with van der Waals surface area (Å²) in [5.41, 5.74) is 0.106. The predicted molar refractivity (Wildman–Crippen MR) is 61.9 cm³/mol. The van der Waals surface area contributed by atoms with Crippen molar-refractivity contribution < 1.29 is 14.8 Å². The molecule has 0 heterocycles. The van der Waals surface area contributed by atoms with Crippen LogP contribution in [0, 0.1) is 21.4 Å². The number of nitro groups is 1. The number of benzene rings is 1. The molecule has 0 saturated heterocycles. The first kappa shape index (κ1) is 13.4. The lowest BCUT2D eigenvalue weighted by atomic mass is 10.1. The summed E-state index contributed by atoms with van der Waals surface area (Å²) in [6.45, 7) is 1.16. The maximum Gasteiger partial charge on any atom is 0.408 e. The Morgan fingerprint density at radius 3 is 2.72 bits per heavy atom. The molecule has 7 nitrogen and oxygen atoms in total. The first-order valence-electron chi connectivity index (χ1n) is 5.09. The molecule has 7 heteroatoms. The number of para-hydroxylation sites is 1. The van der Waals surface area contributed by atoms with Crippen LogP contribution in [-0.4, -0.2) is 27.6 Å². The lowest BCUT2D eigenvalue weighted by Gasteiger charge is -2.23. The highest BCUT2D eigenvalue weighted by Gasteiger charge is 2.26. The highest BCUT2D eigenvalue weighted by Crippen LogP contribution is 2.28. The van der Waals surface area contributed by atoms with Crippen LogP contribution in [0.25, 0.3) is 0 Å². The third kappa shape index (κ3) is 2.74. The zero-order chi connectivity index (χ0) is 13.7. The van der Waals surface area contributed by atoms with Gasteiger partial charge in [-0.05, 0) is 6.92 Å². The van der Waals surface area contributed by atoms with E-state index in [9.17, 15) is 14.9 Å². The zero-order valence-electron chi connectivity index (χ0n) is 9.61. The molecule has 1 aromatic carbocycles. The molecular weight excluding hydrogens is 238 g/mol. The van der Waals surface area contributed by atoms with E-state index in [4.69, 9.17) is 10.4 Å². The molecule has 0 aliphatic heterocycles. The second kappa shape index (κ2) is 5.63. The van der Waals surface area contributed by atoms with Gasteiger partial charge in [-0.15, -0.1) is 0 Å². The van der Waals surface area contributed by atoms with Crippen LogP contribution in [0.1, 0.15) is 18.5 Å². The predicted octanol–water partition coefficient (Wildman–Crippen LogP) is 2.16. The SMILES string of the molecule is CC(c1ccccc1[N+](=O)[O-])N(CC#N)C(=O)O. The van der Waals surface area contributed by atoms with Gasteiger partial charge in [-0.3, -0.25) is 15.0 Å². The number of nitriles is 1. The van der Waals surface area contributed by atoms with Crippen molar-refractivity contribution in [3.05, 3.63) is 39.9 Å². The lowest BCUT2D eigenvalue weighted by molar-refractivity contribution is -0.385. The van der Waals surface area contributed by atoms with E-state index >= 15 is 0 Å². The minimum absolute atomic E-state index is 0.158. The summed E-state index contributed by atoms with van der Waals surface area (Å²) in [6, 6.07) is 6.84. The van der Waals surface area contributed by atoms with Crippen LogP contribution < -0.4 is 0 Å². The number of hydrogen-bond acceptors (Lipinski definition) is 4. The normalized spacial score (nSPS) is 11.3. The van der Waals surface area contributed by atoms with Gasteiger partial charge in [0.15, 0.2) is 0 Å². The van der Waals surface area contributed by atoms with Gasteiger partial charge >= 0.3 is 6.09 Å². The van der Waals surface area contributed by atoms with Gasteiger partial charge in [-0.2, -0.15) is 5.26 Å². The van der Waals surface area contributed by atoms with Crippen molar-refractivity contribution in [1.82, 2.24) is 4.90 Å². The Hall–Kier alpha value is -2.62. The zero-order valence-corrected chi connectivity index (χ0v) is 9.61. The molecule has 1 unspecified atom stereocenters. The largest absolute Gasteiger partial charge is 0.465 e. The highest BCUT2D eigenvalue weighted by atomic mass is 16.6. The molecule has 0 spiro atoms. The fourth-order valence-corrected chi connectivity index (χ4v) is 1.62. The summed E-state index contributed by atoms with van der Waals surface area (Å²) in [5.74, 6) is 0. The first-order valence-corrected chi connectivity index (χ1v) is 5.09. The molecule has 0 aliphatic rings. The minimum atomic E-state index is -1.29. The molecule has 0 aliphatic carbocycles. The van der Waals surface area contributed by atoms with Gasteiger partial charge in [0.2, 0.25) is 0 Å². The lowest BCUT2D eigenvalue weighted by Crippen LogP contribution is -2.32. The highest BCUT2D eigenvalue weighted by molar-refractivity contribution is 5.66. The molecule has 1 rings (SSSR count). The van der Waals surface area contributed by atoms with Crippen molar-refractivity contribution in [3.63, 3.8) is 0 Å². The van der Waals surface area contributed by atoms with Crippen LogP contribution in [0.15, 0.2) is 24.3 Å². The summed E-state index contributed by atoms with van der Waals surface area (Å²) >= 11 is 0. The van der Waals surface area contributed by atoms with Crippen LogP contribution >= 0.6 is 0 Å². The van der Waals surface area contributed by atoms with Gasteiger partial charge in [0.25, 0.3) is 5.69 Å². The standard InChI is InChI=1S/C11H11N3O4/c1-8(13(7-6-12)11(15)16)9-4-2-3-5-10(9)14(17)18/h2-5,8H,7H2,1H3,(H,15,16). The molecule has 18 heavy (non-hydrogen) atoms. The first-order chi connectivity index (χ1) is 8.49. The Balaban J connectivity index is 3.17. The average Bonchev–Trinajstić information content (AvgIpc) is 2.34. The topological polar surface area (TPSA) is 107 Å². The van der Waals surface area contributed by atoms with E-state index in [-0.39, 0.29) is 17.8 Å². The third-order valence-corrected chi connectivity index (χ3v) is 2.54. The fraction of sp³-hybridized carbons (Fsp3) is 0.273. The molecule has 0 radical (unpaired) electrons. The Labute approximate surface area is 103 Å². The minimum Gasteiger partial charge on any atom is -0.465 e. The fourth-order valence-electron chi connectivity index (χ4n) is 1.62. The monoisotopic (exact) mass is 249 g/mol. The van der Waals surface area contributed by atoms with Crippen molar-refractivity contribution in [3.8, 4) is 6.07 Å². The van der Waals surface area contributed by atoms with E-state index in [1.165, 1.54) is 25.1 Å². The number of nitrogens with zero attached hydrogens (tertiary/aromatic N) is 3. The number of hydrogen-bond donors (Lipinski definition) is 1. The number of amides is 1. The summed E-state index contributed by atoms with van der Waals surface area (Å²) < 4.78 is 0. The molecule has 1 amide bonds. The van der Waals surface area contributed by atoms with Crippen molar-refractivity contribution in [1.29, 1.82) is 5.26 Å². The van der Waals surface area contributed by atoms with Gasteiger partial charge in [-0.25, -0.2) is 4.79 Å². The van der Waals surface area contributed by atoms with Crippen molar-refractivity contribution >= 4 is 11.8 Å². The van der Waals surface area contributed by atoms with E-state index in [0.29, 0.717) is 0 Å². The maximum atomic E-state index is 11.0. The smallest absolute Gasteiger partial charge is 0.408 e. The maximum absolute atomic E-state index is 11.0. The van der Waals surface area contributed by atoms with Gasteiger partial charge in [0.05, 0.1) is 22.6 Å². The van der Waals surface area contributed by atoms with Crippen LogP contribution in [-0.2, 0) is 0 Å². The average molecular weight is 249 g/mol. The van der Waals surface area contributed by atoms with Crippen LogP contribution in [0.2, 0.25) is 0 Å². The van der Waals surface area contributed by atoms with Gasteiger partial charge in [0, 0.05) is 6.07 Å². The third-order valence-electron chi connectivity index (χ3n) is 2.54. The molecule has 0 saturated carbocycles. The molecule has 0 fully saturated rings. The Bertz CT molecular complexity index is 509. The number of rotatable bonds is 4. The Morgan fingerprint density at radius 1 is 1.61 bits per heavy atom. The van der Waals surface area contributed by atoms with E-state index in [2.05, 4.69) is 0 Å². The summed E-state index contributed by atoms with van der Waals surface area (Å²) in [5, 5.41) is 28.4. The summed E-state index contributed by atoms with van der Waals surface area (Å²) in [4.78, 5) is 22.1. The second-order valence-corrected chi connectivity index (χ2v) is 3.56. The molecule has 0 bridgehead atoms. The summed E-state index contributed by atoms with van der Waals surface area (Å²) in [7, 11) is 0. The number of carbonyl (C=O) groups is 1. The van der Waals surface area contributed by atoms with E-state index in [1.54, 1.807) is 12.1 Å². The number of carboxylic acid groups (broad SMARTS) is 1. The van der Waals surface area contributed by atoms with Crippen molar-refractivity contribution in [2.45, 2.75) is 13.0 Å². The quantitative estimate of drug-likeness (QED) is 0.499. The second-order valence-electron chi connectivity index (χ2n) is 3.56. The summed E-state index contributed by atoms with van der Waals surface area (Å²) in [6.07, 6.45) is -1.29. The number of nitro benzene ring substituents is 1. The van der Waals surface area contributed by atoms with Crippen LogP contribution in [0.4, 0.5) is 10.5 Å². The van der Waals surface area contributed by atoms with Gasteiger partial charge < -0.3 is 5.11 Å². The molecule has 0 aromatic heterocycles.